The van der Waals surface area contributed by atoms with Gasteiger partial charge in [-0.15, -0.1) is 0 Å². The minimum Gasteiger partial charge on any atom is -0.356 e. The molecule has 4 heteroatoms. The van der Waals surface area contributed by atoms with E-state index in [2.05, 4.69) is 61.8 Å². The van der Waals surface area contributed by atoms with Gasteiger partial charge in [0.05, 0.1) is 11.0 Å². The average molecular weight is 378 g/mol. The van der Waals surface area contributed by atoms with Crippen LogP contribution in [0.25, 0.3) is 11.0 Å². The van der Waals surface area contributed by atoms with Crippen molar-refractivity contribution in [1.29, 1.82) is 0 Å². The molecule has 148 valence electrons. The van der Waals surface area contributed by atoms with Gasteiger partial charge in [-0.1, -0.05) is 25.1 Å². The first-order valence-corrected chi connectivity index (χ1v) is 10.2. The highest BCUT2D eigenvalue weighted by atomic mass is 16.1. The molecule has 0 unspecified atom stereocenters. The minimum atomic E-state index is 0.106. The fourth-order valence-electron chi connectivity index (χ4n) is 3.79. The molecule has 0 saturated heterocycles. The maximum absolute atomic E-state index is 11.5. The average Bonchev–Trinajstić information content (AvgIpc) is 3.04. The van der Waals surface area contributed by atoms with Gasteiger partial charge in [0.2, 0.25) is 5.91 Å². The molecular weight excluding hydrogens is 346 g/mol. The predicted octanol–water partition coefficient (Wildman–Crippen LogP) is 4.78. The predicted molar refractivity (Wildman–Crippen MR) is 116 cm³/mol. The van der Waals surface area contributed by atoms with E-state index in [0.29, 0.717) is 13.0 Å². The van der Waals surface area contributed by atoms with Gasteiger partial charge in [-0.2, -0.15) is 0 Å². The van der Waals surface area contributed by atoms with E-state index in [4.69, 9.17) is 4.98 Å². The van der Waals surface area contributed by atoms with Crippen molar-refractivity contribution in [2.45, 2.75) is 60.4 Å². The highest BCUT2D eigenvalue weighted by Crippen LogP contribution is 2.25. The van der Waals surface area contributed by atoms with Crippen molar-refractivity contribution < 1.29 is 4.79 Å². The zero-order chi connectivity index (χ0) is 20.3. The first-order chi connectivity index (χ1) is 13.4. The number of para-hydroxylation sites is 2. The summed E-state index contributed by atoms with van der Waals surface area (Å²) in [5.41, 5.74) is 9.01. The van der Waals surface area contributed by atoms with Gasteiger partial charge in [0.25, 0.3) is 0 Å². The van der Waals surface area contributed by atoms with E-state index >= 15 is 0 Å². The molecule has 1 N–H and O–H groups in total. The lowest BCUT2D eigenvalue weighted by atomic mass is 9.94. The van der Waals surface area contributed by atoms with Gasteiger partial charge in [0.15, 0.2) is 0 Å². The lowest BCUT2D eigenvalue weighted by Crippen LogP contribution is -2.23. The van der Waals surface area contributed by atoms with Crippen LogP contribution in [0.15, 0.2) is 30.3 Å². The molecule has 1 heterocycles. The third kappa shape index (κ3) is 4.11. The van der Waals surface area contributed by atoms with Crippen molar-refractivity contribution in [2.75, 3.05) is 6.54 Å². The summed E-state index contributed by atoms with van der Waals surface area (Å²) >= 11 is 0. The second kappa shape index (κ2) is 8.59. The van der Waals surface area contributed by atoms with E-state index < -0.39 is 0 Å². The maximum atomic E-state index is 11.5. The number of amides is 1. The van der Waals surface area contributed by atoms with Crippen LogP contribution in [0.1, 0.15) is 53.4 Å². The Bertz CT molecular complexity index is 974. The smallest absolute Gasteiger partial charge is 0.219 e. The van der Waals surface area contributed by atoms with Crippen LogP contribution < -0.4 is 5.32 Å². The van der Waals surface area contributed by atoms with Gasteiger partial charge in [0, 0.05) is 25.9 Å². The Kier molecular flexibility index (Phi) is 6.18. The van der Waals surface area contributed by atoms with E-state index in [1.54, 1.807) is 0 Å². The molecule has 0 radical (unpaired) electrons. The molecule has 0 aliphatic heterocycles. The van der Waals surface area contributed by atoms with Crippen LogP contribution in [0.5, 0.6) is 0 Å². The molecule has 3 aromatic rings. The largest absolute Gasteiger partial charge is 0.356 e. The molecule has 0 spiro atoms. The van der Waals surface area contributed by atoms with Crippen molar-refractivity contribution >= 4 is 16.9 Å². The Labute approximate surface area is 168 Å². The summed E-state index contributed by atoms with van der Waals surface area (Å²) in [6.07, 6.45) is 2.27. The van der Waals surface area contributed by atoms with Crippen molar-refractivity contribution in [3.05, 3.63) is 64.0 Å². The van der Waals surface area contributed by atoms with E-state index in [9.17, 15) is 4.79 Å². The monoisotopic (exact) mass is 377 g/mol. The van der Waals surface area contributed by atoms with E-state index in [0.717, 1.165) is 30.7 Å². The molecular formula is C24H31N3O. The molecule has 2 aromatic carbocycles. The number of nitrogens with zero attached hydrogens (tertiary/aromatic N) is 2. The summed E-state index contributed by atoms with van der Waals surface area (Å²) < 4.78 is 2.35. The quantitative estimate of drug-likeness (QED) is 0.603. The highest BCUT2D eigenvalue weighted by Gasteiger charge is 2.15. The SMILES string of the molecule is CCC(=O)NCCCc1nc2ccccc2n1Cc1c(C)c(C)cc(C)c1C. The number of nitrogens with one attached hydrogen (secondary N) is 1. The molecule has 4 nitrogen and oxygen atoms in total. The number of rotatable bonds is 7. The topological polar surface area (TPSA) is 46.9 Å². The van der Waals surface area contributed by atoms with Crippen LogP contribution in [0.3, 0.4) is 0 Å². The van der Waals surface area contributed by atoms with Crippen LogP contribution in [-0.2, 0) is 17.8 Å². The van der Waals surface area contributed by atoms with E-state index in [1.165, 1.54) is 33.3 Å². The fourth-order valence-corrected chi connectivity index (χ4v) is 3.79. The summed E-state index contributed by atoms with van der Waals surface area (Å²) in [6.45, 7) is 12.2. The Morgan fingerprint density at radius 1 is 1.07 bits per heavy atom. The molecule has 0 saturated carbocycles. The summed E-state index contributed by atoms with van der Waals surface area (Å²) in [7, 11) is 0. The first kappa shape index (κ1) is 20.1. The Morgan fingerprint density at radius 3 is 2.43 bits per heavy atom. The van der Waals surface area contributed by atoms with Crippen LogP contribution in [-0.4, -0.2) is 22.0 Å². The van der Waals surface area contributed by atoms with Gasteiger partial charge < -0.3 is 9.88 Å². The number of carbonyl (C=O) groups excluding carboxylic acids is 1. The van der Waals surface area contributed by atoms with Crippen molar-refractivity contribution in [1.82, 2.24) is 14.9 Å². The molecule has 3 rings (SSSR count). The fraction of sp³-hybridized carbons (Fsp3) is 0.417. The lowest BCUT2D eigenvalue weighted by Gasteiger charge is -2.18. The van der Waals surface area contributed by atoms with E-state index in [1.807, 2.05) is 13.0 Å². The van der Waals surface area contributed by atoms with Gasteiger partial charge >= 0.3 is 0 Å². The summed E-state index contributed by atoms with van der Waals surface area (Å²) in [6, 6.07) is 10.6. The minimum absolute atomic E-state index is 0.106. The van der Waals surface area contributed by atoms with Crippen molar-refractivity contribution in [3.8, 4) is 0 Å². The third-order valence-electron chi connectivity index (χ3n) is 5.79. The van der Waals surface area contributed by atoms with Crippen LogP contribution in [0.2, 0.25) is 0 Å². The highest BCUT2D eigenvalue weighted by molar-refractivity contribution is 5.76. The van der Waals surface area contributed by atoms with Crippen LogP contribution in [0.4, 0.5) is 0 Å². The molecule has 0 atom stereocenters. The second-order valence-corrected chi connectivity index (χ2v) is 7.65. The van der Waals surface area contributed by atoms with Crippen LogP contribution >= 0.6 is 0 Å². The normalized spacial score (nSPS) is 11.2. The summed E-state index contributed by atoms with van der Waals surface area (Å²) in [5.74, 6) is 1.19. The third-order valence-corrected chi connectivity index (χ3v) is 5.79. The van der Waals surface area contributed by atoms with Gasteiger partial charge in [-0.25, -0.2) is 4.98 Å². The number of hydrogen-bond acceptors (Lipinski definition) is 2. The Hall–Kier alpha value is -2.62. The molecule has 0 aliphatic carbocycles. The zero-order valence-corrected chi connectivity index (χ0v) is 17.7. The first-order valence-electron chi connectivity index (χ1n) is 10.2. The molecule has 28 heavy (non-hydrogen) atoms. The van der Waals surface area contributed by atoms with Gasteiger partial charge in [-0.05, 0) is 74.1 Å². The second-order valence-electron chi connectivity index (χ2n) is 7.65. The number of aromatic nitrogens is 2. The number of carbonyl (C=O) groups is 1. The van der Waals surface area contributed by atoms with Gasteiger partial charge in [0.1, 0.15) is 5.82 Å². The number of hydrogen-bond donors (Lipinski definition) is 1. The standard InChI is InChI=1S/C24H31N3O/c1-6-24(28)25-13-9-12-23-26-21-10-7-8-11-22(21)27(23)15-20-18(4)16(2)14-17(3)19(20)5/h7-8,10-11,14H,6,9,12-13,15H2,1-5H3,(H,25,28). The maximum Gasteiger partial charge on any atom is 0.219 e. The van der Waals surface area contributed by atoms with Gasteiger partial charge in [-0.3, -0.25) is 4.79 Å². The summed E-state index contributed by atoms with van der Waals surface area (Å²) in [4.78, 5) is 16.4. The number of benzene rings is 2. The lowest BCUT2D eigenvalue weighted by molar-refractivity contribution is -0.120. The Morgan fingerprint density at radius 2 is 1.75 bits per heavy atom. The molecule has 0 bridgehead atoms. The zero-order valence-electron chi connectivity index (χ0n) is 17.7. The summed E-state index contributed by atoms with van der Waals surface area (Å²) in [5, 5.41) is 2.96. The number of imidazole rings is 1. The van der Waals surface area contributed by atoms with Crippen LogP contribution in [0, 0.1) is 27.7 Å². The molecule has 1 amide bonds. The number of aryl methyl sites for hydroxylation is 3. The molecule has 1 aromatic heterocycles. The van der Waals surface area contributed by atoms with E-state index in [-0.39, 0.29) is 5.91 Å². The Balaban J connectivity index is 1.93. The molecule has 0 fully saturated rings. The molecule has 0 aliphatic rings. The van der Waals surface area contributed by atoms with Crippen molar-refractivity contribution in [2.24, 2.45) is 0 Å². The number of fused-ring (bicyclic) bond motifs is 1. The van der Waals surface area contributed by atoms with Crippen molar-refractivity contribution in [3.63, 3.8) is 0 Å².